The van der Waals surface area contributed by atoms with Crippen LogP contribution in [0.5, 0.6) is 0 Å². The Balaban J connectivity index is 2.84. The van der Waals surface area contributed by atoms with Gasteiger partial charge in [0.1, 0.15) is 0 Å². The van der Waals surface area contributed by atoms with Crippen LogP contribution in [0.25, 0.3) is 0 Å². The fourth-order valence-corrected chi connectivity index (χ4v) is 1.63. The quantitative estimate of drug-likeness (QED) is 0.634. The van der Waals surface area contributed by atoms with E-state index in [1.54, 1.807) is 0 Å². The van der Waals surface area contributed by atoms with Crippen LogP contribution in [0.3, 0.4) is 0 Å². The van der Waals surface area contributed by atoms with Gasteiger partial charge >= 0.3 is 0 Å². The Morgan fingerprint density at radius 1 is 1.20 bits per heavy atom. The van der Waals surface area contributed by atoms with Crippen LogP contribution in [0.15, 0.2) is 0 Å². The van der Waals surface area contributed by atoms with E-state index in [0.717, 1.165) is 12.2 Å². The molecule has 1 N–H and O–H groups in total. The van der Waals surface area contributed by atoms with Gasteiger partial charge in [0, 0.05) is 15.5 Å². The van der Waals surface area contributed by atoms with Crippen molar-refractivity contribution in [3.05, 3.63) is 0 Å². The molecule has 0 aliphatic heterocycles. The highest BCUT2D eigenvalue weighted by molar-refractivity contribution is 8.25. The van der Waals surface area contributed by atoms with Crippen LogP contribution in [0.1, 0.15) is 39.0 Å². The van der Waals surface area contributed by atoms with Gasteiger partial charge < -0.3 is 4.55 Å². The summed E-state index contributed by atoms with van der Waals surface area (Å²) in [4.78, 5) is 0. The maximum Gasteiger partial charge on any atom is 0.0223 e. The van der Waals surface area contributed by atoms with Gasteiger partial charge in [0.2, 0.25) is 0 Å². The molecular weight excluding hydrogens is 164 g/mol. The van der Waals surface area contributed by atoms with Crippen molar-refractivity contribution in [3.63, 3.8) is 0 Å². The molecule has 0 radical (unpaired) electrons. The minimum Gasteiger partial charge on any atom is -0.327 e. The van der Waals surface area contributed by atoms with Gasteiger partial charge in [0.05, 0.1) is 0 Å². The van der Waals surface area contributed by atoms with E-state index in [-0.39, 0.29) is 0 Å². The Morgan fingerprint density at radius 2 is 1.80 bits per heavy atom. The first kappa shape index (κ1) is 10.5. The topological polar surface area (TPSA) is 20.2 Å². The Hall–Kier alpha value is 0.530. The van der Waals surface area contributed by atoms with E-state index < -0.39 is 9.74 Å². The van der Waals surface area contributed by atoms with Crippen molar-refractivity contribution in [1.29, 1.82) is 0 Å². The molecule has 0 fully saturated rings. The molecule has 0 spiro atoms. The first-order valence-electron chi connectivity index (χ1n) is 3.85. The van der Waals surface area contributed by atoms with Crippen molar-refractivity contribution in [2.24, 2.45) is 0 Å². The summed E-state index contributed by atoms with van der Waals surface area (Å²) in [5.74, 6) is 0.818. The molecule has 0 aromatic carbocycles. The average molecular weight is 180 g/mol. The van der Waals surface area contributed by atoms with Gasteiger partial charge in [-0.25, -0.2) is 0 Å². The fourth-order valence-electron chi connectivity index (χ4n) is 0.829. The largest absolute Gasteiger partial charge is 0.327 e. The molecule has 3 heteroatoms. The Morgan fingerprint density at radius 3 is 2.30 bits per heavy atom. The molecule has 1 unspecified atom stereocenters. The van der Waals surface area contributed by atoms with Crippen molar-refractivity contribution in [3.8, 4) is 0 Å². The Kier molecular flexibility index (Phi) is 8.04. The van der Waals surface area contributed by atoms with E-state index in [1.165, 1.54) is 25.7 Å². The molecule has 0 aromatic rings. The van der Waals surface area contributed by atoms with E-state index in [0.29, 0.717) is 0 Å². The maximum absolute atomic E-state index is 8.75. The lowest BCUT2D eigenvalue weighted by molar-refractivity contribution is 0.632. The van der Waals surface area contributed by atoms with Crippen molar-refractivity contribution in [2.75, 3.05) is 5.75 Å². The lowest BCUT2D eigenvalue weighted by Gasteiger charge is -1.97. The van der Waals surface area contributed by atoms with Gasteiger partial charge in [0.25, 0.3) is 0 Å². The summed E-state index contributed by atoms with van der Waals surface area (Å²) >= 11 is 4.64. The summed E-state index contributed by atoms with van der Waals surface area (Å²) in [7, 11) is -0.738. The van der Waals surface area contributed by atoms with E-state index in [2.05, 4.69) is 18.1 Å². The molecule has 0 rings (SSSR count). The second-order valence-corrected chi connectivity index (χ2v) is 4.65. The minimum atomic E-state index is -0.738. The predicted octanol–water partition coefficient (Wildman–Crippen LogP) is 2.51. The summed E-state index contributed by atoms with van der Waals surface area (Å²) in [5.41, 5.74) is 0. The molecule has 0 amide bonds. The maximum atomic E-state index is 8.75. The lowest BCUT2D eigenvalue weighted by Crippen LogP contribution is -1.92. The minimum absolute atomic E-state index is 0.738. The Bertz CT molecular complexity index is 93.6. The van der Waals surface area contributed by atoms with Crippen molar-refractivity contribution in [2.45, 2.75) is 39.0 Å². The second kappa shape index (κ2) is 7.63. The molecule has 0 aliphatic carbocycles. The number of rotatable bonds is 6. The third kappa shape index (κ3) is 8.53. The summed E-state index contributed by atoms with van der Waals surface area (Å²) in [5, 5.41) is 0. The molecule has 0 bridgehead atoms. The first-order valence-corrected chi connectivity index (χ1v) is 6.12. The highest BCUT2D eigenvalue weighted by atomic mass is 32.8. The van der Waals surface area contributed by atoms with Gasteiger partial charge in [-0.2, -0.15) is 0 Å². The number of hydrogen-bond donors (Lipinski definition) is 1. The summed E-state index contributed by atoms with van der Waals surface area (Å²) in [6.45, 7) is 2.20. The molecule has 1 atom stereocenters. The zero-order chi connectivity index (χ0) is 7.82. The van der Waals surface area contributed by atoms with Crippen LogP contribution < -0.4 is 0 Å². The molecule has 0 aliphatic rings. The lowest BCUT2D eigenvalue weighted by atomic mass is 10.2. The predicted molar refractivity (Wildman–Crippen MR) is 51.0 cm³/mol. The third-order valence-corrected chi connectivity index (χ3v) is 2.56. The standard InChI is InChI=1S/C7H16OS2/c1-2-3-4-5-6-7-10(8)9/h2-7H2,1H3,(H,8,9). The zero-order valence-corrected chi connectivity index (χ0v) is 8.14. The van der Waals surface area contributed by atoms with Gasteiger partial charge in [-0.05, 0) is 17.6 Å². The van der Waals surface area contributed by atoms with Gasteiger partial charge in [0.15, 0.2) is 0 Å². The van der Waals surface area contributed by atoms with Crippen molar-refractivity contribution >= 4 is 20.9 Å². The monoisotopic (exact) mass is 180 g/mol. The van der Waals surface area contributed by atoms with Crippen LogP contribution >= 0.6 is 0 Å². The van der Waals surface area contributed by atoms with Crippen LogP contribution in [-0.2, 0) is 20.9 Å². The van der Waals surface area contributed by atoms with Crippen LogP contribution in [0.2, 0.25) is 0 Å². The molecule has 0 heterocycles. The van der Waals surface area contributed by atoms with Crippen LogP contribution in [0.4, 0.5) is 0 Å². The zero-order valence-electron chi connectivity index (χ0n) is 6.51. The van der Waals surface area contributed by atoms with Crippen LogP contribution in [0, 0.1) is 0 Å². The van der Waals surface area contributed by atoms with Crippen molar-refractivity contribution in [1.82, 2.24) is 0 Å². The van der Waals surface area contributed by atoms with Gasteiger partial charge in [-0.1, -0.05) is 32.6 Å². The van der Waals surface area contributed by atoms with Crippen LogP contribution in [-0.4, -0.2) is 10.3 Å². The fraction of sp³-hybridized carbons (Fsp3) is 1.00. The molecule has 1 nitrogen and oxygen atoms in total. The molecule has 62 valence electrons. The van der Waals surface area contributed by atoms with E-state index >= 15 is 0 Å². The number of hydrogen-bond acceptors (Lipinski definition) is 1. The highest BCUT2D eigenvalue weighted by Crippen LogP contribution is 2.02. The molecule has 0 aromatic heterocycles. The third-order valence-electron chi connectivity index (χ3n) is 1.42. The van der Waals surface area contributed by atoms with Gasteiger partial charge in [-0.15, -0.1) is 0 Å². The molecule has 0 saturated heterocycles. The summed E-state index contributed by atoms with van der Waals surface area (Å²) in [6, 6.07) is 0. The smallest absolute Gasteiger partial charge is 0.0223 e. The second-order valence-electron chi connectivity index (χ2n) is 2.44. The van der Waals surface area contributed by atoms with E-state index in [9.17, 15) is 0 Å². The summed E-state index contributed by atoms with van der Waals surface area (Å²) < 4.78 is 8.75. The summed E-state index contributed by atoms with van der Waals surface area (Å²) in [6.07, 6.45) is 6.22. The molecular formula is C7H16OS2. The van der Waals surface area contributed by atoms with E-state index in [4.69, 9.17) is 4.55 Å². The van der Waals surface area contributed by atoms with E-state index in [1.807, 2.05) is 0 Å². The number of unbranched alkanes of at least 4 members (excludes halogenated alkanes) is 4. The average Bonchev–Trinajstić information content (AvgIpc) is 1.87. The SMILES string of the molecule is CCCCCCCS(O)=S. The van der Waals surface area contributed by atoms with Crippen molar-refractivity contribution < 1.29 is 4.55 Å². The highest BCUT2D eigenvalue weighted by Gasteiger charge is 1.89. The Labute approximate surface area is 70.6 Å². The first-order chi connectivity index (χ1) is 4.77. The normalized spacial score (nSPS) is 13.4. The van der Waals surface area contributed by atoms with Gasteiger partial charge in [-0.3, -0.25) is 0 Å². The molecule has 0 saturated carbocycles. The molecule has 10 heavy (non-hydrogen) atoms.